The molecule has 1 aliphatic heterocycles. The first kappa shape index (κ1) is 16.0. The number of hydrogen-bond acceptors (Lipinski definition) is 3. The fourth-order valence-corrected chi connectivity index (χ4v) is 3.47. The van der Waals surface area contributed by atoms with E-state index < -0.39 is 0 Å². The molecule has 1 N–H and O–H groups in total. The minimum atomic E-state index is 0.271. The first-order valence-electron chi connectivity index (χ1n) is 8.53. The molecule has 0 unspecified atom stereocenters. The summed E-state index contributed by atoms with van der Waals surface area (Å²) < 4.78 is 2.16. The SMILES string of the molecule is CCC(=O)N1CC[C@H](NCc2cnc3c(C)cccn23)[C@@H](C)C1. The van der Waals surface area contributed by atoms with Gasteiger partial charge in [0.05, 0.1) is 11.9 Å². The van der Waals surface area contributed by atoms with Crippen molar-refractivity contribution in [2.45, 2.75) is 46.2 Å². The van der Waals surface area contributed by atoms with E-state index in [2.05, 4.69) is 46.9 Å². The number of likely N-dealkylation sites (tertiary alicyclic amines) is 1. The molecule has 0 bridgehead atoms. The molecule has 5 heteroatoms. The van der Waals surface area contributed by atoms with Gasteiger partial charge in [-0.25, -0.2) is 4.98 Å². The van der Waals surface area contributed by atoms with Gasteiger partial charge in [-0.2, -0.15) is 0 Å². The number of pyridine rings is 1. The molecule has 0 spiro atoms. The second-order valence-corrected chi connectivity index (χ2v) is 6.58. The summed E-state index contributed by atoms with van der Waals surface area (Å²) in [7, 11) is 0. The van der Waals surface area contributed by atoms with Gasteiger partial charge in [0.25, 0.3) is 0 Å². The summed E-state index contributed by atoms with van der Waals surface area (Å²) in [4.78, 5) is 18.4. The number of carbonyl (C=O) groups is 1. The first-order valence-corrected chi connectivity index (χ1v) is 8.53. The molecular weight excluding hydrogens is 288 g/mol. The van der Waals surface area contributed by atoms with Gasteiger partial charge in [0.2, 0.25) is 5.91 Å². The van der Waals surface area contributed by atoms with Crippen LogP contribution in [0.1, 0.15) is 37.9 Å². The number of fused-ring (bicyclic) bond motifs is 1. The number of rotatable bonds is 4. The third kappa shape index (κ3) is 3.24. The Hall–Kier alpha value is -1.88. The number of aryl methyl sites for hydroxylation is 1. The summed E-state index contributed by atoms with van der Waals surface area (Å²) in [5.74, 6) is 0.743. The highest BCUT2D eigenvalue weighted by Gasteiger charge is 2.27. The zero-order valence-corrected chi connectivity index (χ0v) is 14.2. The molecule has 2 atom stereocenters. The number of imidazole rings is 1. The molecule has 124 valence electrons. The molecule has 3 rings (SSSR count). The summed E-state index contributed by atoms with van der Waals surface area (Å²) in [6.45, 7) is 8.77. The van der Waals surface area contributed by atoms with E-state index in [1.54, 1.807) is 0 Å². The Bertz CT molecular complexity index is 693. The average molecular weight is 314 g/mol. The van der Waals surface area contributed by atoms with Gasteiger partial charge in [-0.1, -0.05) is 19.9 Å². The Labute approximate surface area is 137 Å². The number of carbonyl (C=O) groups excluding carboxylic acids is 1. The van der Waals surface area contributed by atoms with Crippen LogP contribution < -0.4 is 5.32 Å². The van der Waals surface area contributed by atoms with Crippen molar-refractivity contribution in [3.05, 3.63) is 35.8 Å². The van der Waals surface area contributed by atoms with Gasteiger partial charge < -0.3 is 14.6 Å². The Morgan fingerprint density at radius 3 is 3.04 bits per heavy atom. The summed E-state index contributed by atoms with van der Waals surface area (Å²) in [6.07, 6.45) is 5.64. The quantitative estimate of drug-likeness (QED) is 0.942. The molecule has 1 fully saturated rings. The average Bonchev–Trinajstić information content (AvgIpc) is 2.97. The molecular formula is C18H26N4O. The van der Waals surface area contributed by atoms with E-state index in [1.165, 1.54) is 11.3 Å². The normalized spacial score (nSPS) is 21.8. The largest absolute Gasteiger partial charge is 0.342 e. The first-order chi connectivity index (χ1) is 11.1. The van der Waals surface area contributed by atoms with Crippen molar-refractivity contribution >= 4 is 11.6 Å². The van der Waals surface area contributed by atoms with E-state index in [4.69, 9.17) is 0 Å². The van der Waals surface area contributed by atoms with Crippen molar-refractivity contribution in [3.8, 4) is 0 Å². The lowest BCUT2D eigenvalue weighted by atomic mass is 9.93. The zero-order valence-electron chi connectivity index (χ0n) is 14.2. The van der Waals surface area contributed by atoms with Gasteiger partial charge in [-0.3, -0.25) is 4.79 Å². The highest BCUT2D eigenvalue weighted by atomic mass is 16.2. The number of nitrogens with zero attached hydrogens (tertiary/aromatic N) is 3. The van der Waals surface area contributed by atoms with Crippen LogP contribution in [0.25, 0.3) is 5.65 Å². The number of piperidine rings is 1. The van der Waals surface area contributed by atoms with Crippen LogP contribution in [-0.4, -0.2) is 39.3 Å². The van der Waals surface area contributed by atoms with Crippen LogP contribution in [0.5, 0.6) is 0 Å². The molecule has 5 nitrogen and oxygen atoms in total. The van der Waals surface area contributed by atoms with E-state index >= 15 is 0 Å². The maximum Gasteiger partial charge on any atom is 0.222 e. The third-order valence-corrected chi connectivity index (χ3v) is 4.91. The third-order valence-electron chi connectivity index (χ3n) is 4.91. The number of aromatic nitrogens is 2. The Morgan fingerprint density at radius 2 is 2.30 bits per heavy atom. The summed E-state index contributed by atoms with van der Waals surface area (Å²) >= 11 is 0. The van der Waals surface area contributed by atoms with E-state index in [0.29, 0.717) is 18.4 Å². The lowest BCUT2D eigenvalue weighted by Gasteiger charge is -2.37. The molecule has 2 aromatic heterocycles. The van der Waals surface area contributed by atoms with Crippen molar-refractivity contribution in [1.29, 1.82) is 0 Å². The molecule has 2 aromatic rings. The highest BCUT2D eigenvalue weighted by molar-refractivity contribution is 5.75. The molecule has 1 amide bonds. The van der Waals surface area contributed by atoms with Gasteiger partial charge in [0.1, 0.15) is 5.65 Å². The predicted octanol–water partition coefficient (Wildman–Crippen LogP) is 2.38. The van der Waals surface area contributed by atoms with Gasteiger partial charge in [0, 0.05) is 38.3 Å². The van der Waals surface area contributed by atoms with E-state index in [-0.39, 0.29) is 5.91 Å². The smallest absolute Gasteiger partial charge is 0.222 e. The van der Waals surface area contributed by atoms with Crippen molar-refractivity contribution < 1.29 is 4.79 Å². The second-order valence-electron chi connectivity index (χ2n) is 6.58. The van der Waals surface area contributed by atoms with Crippen molar-refractivity contribution in [2.75, 3.05) is 13.1 Å². The highest BCUT2D eigenvalue weighted by Crippen LogP contribution is 2.18. The summed E-state index contributed by atoms with van der Waals surface area (Å²) in [5, 5.41) is 3.66. The van der Waals surface area contributed by atoms with Crippen LogP contribution in [0.2, 0.25) is 0 Å². The molecule has 1 saturated heterocycles. The minimum absolute atomic E-state index is 0.271. The molecule has 0 aliphatic carbocycles. The summed E-state index contributed by atoms with van der Waals surface area (Å²) in [6, 6.07) is 4.60. The van der Waals surface area contributed by atoms with Crippen LogP contribution >= 0.6 is 0 Å². The van der Waals surface area contributed by atoms with Crippen LogP contribution in [0.3, 0.4) is 0 Å². The maximum absolute atomic E-state index is 11.8. The fraction of sp³-hybridized carbons (Fsp3) is 0.556. The summed E-state index contributed by atoms with van der Waals surface area (Å²) in [5.41, 5.74) is 3.40. The van der Waals surface area contributed by atoms with Crippen LogP contribution in [0.4, 0.5) is 0 Å². The molecule has 3 heterocycles. The van der Waals surface area contributed by atoms with Crippen LogP contribution in [0.15, 0.2) is 24.5 Å². The molecule has 1 aliphatic rings. The monoisotopic (exact) mass is 314 g/mol. The lowest BCUT2D eigenvalue weighted by Crippen LogP contribution is -2.49. The second kappa shape index (κ2) is 6.71. The van der Waals surface area contributed by atoms with Crippen LogP contribution in [-0.2, 0) is 11.3 Å². The molecule has 0 saturated carbocycles. The maximum atomic E-state index is 11.8. The van der Waals surface area contributed by atoms with E-state index in [1.807, 2.05) is 18.0 Å². The van der Waals surface area contributed by atoms with E-state index in [0.717, 1.165) is 31.7 Å². The Morgan fingerprint density at radius 1 is 1.48 bits per heavy atom. The Kier molecular flexibility index (Phi) is 4.66. The number of hydrogen-bond donors (Lipinski definition) is 1. The van der Waals surface area contributed by atoms with Crippen molar-refractivity contribution in [2.24, 2.45) is 5.92 Å². The van der Waals surface area contributed by atoms with Gasteiger partial charge in [-0.15, -0.1) is 0 Å². The van der Waals surface area contributed by atoms with Gasteiger partial charge in [-0.05, 0) is 30.9 Å². The van der Waals surface area contributed by atoms with E-state index in [9.17, 15) is 4.79 Å². The van der Waals surface area contributed by atoms with Crippen molar-refractivity contribution in [3.63, 3.8) is 0 Å². The van der Waals surface area contributed by atoms with Gasteiger partial charge in [0.15, 0.2) is 0 Å². The lowest BCUT2D eigenvalue weighted by molar-refractivity contribution is -0.132. The number of amides is 1. The topological polar surface area (TPSA) is 49.6 Å². The van der Waals surface area contributed by atoms with Crippen molar-refractivity contribution in [1.82, 2.24) is 19.6 Å². The fourth-order valence-electron chi connectivity index (χ4n) is 3.47. The molecule has 23 heavy (non-hydrogen) atoms. The zero-order chi connectivity index (χ0) is 16.4. The molecule has 0 radical (unpaired) electrons. The number of nitrogens with one attached hydrogen (secondary N) is 1. The van der Waals surface area contributed by atoms with Gasteiger partial charge >= 0.3 is 0 Å². The standard InChI is InChI=1S/C18H26N4O/c1-4-17(23)21-9-7-16(14(3)12-21)19-10-15-11-20-18-13(2)6-5-8-22(15)18/h5-6,8,11,14,16,19H,4,7,9-10,12H2,1-3H3/t14-,16-/m0/s1. The minimum Gasteiger partial charge on any atom is -0.342 e. The molecule has 0 aromatic carbocycles. The van der Waals surface area contributed by atoms with Crippen LogP contribution in [0, 0.1) is 12.8 Å². The Balaban J connectivity index is 1.62. The predicted molar refractivity (Wildman–Crippen MR) is 91.2 cm³/mol.